The molecule has 5 nitrogen and oxygen atoms in total. The van der Waals surface area contributed by atoms with Crippen molar-refractivity contribution in [2.75, 3.05) is 6.54 Å². The molecule has 1 aromatic rings. The molecule has 0 bridgehead atoms. The highest BCUT2D eigenvalue weighted by Gasteiger charge is 2.36. The third-order valence-corrected chi connectivity index (χ3v) is 6.05. The number of aliphatic hydroxyl groups is 1. The molecule has 1 aliphatic rings. The lowest BCUT2D eigenvalue weighted by Gasteiger charge is -2.22. The van der Waals surface area contributed by atoms with Crippen molar-refractivity contribution in [3.8, 4) is 0 Å². The summed E-state index contributed by atoms with van der Waals surface area (Å²) < 4.78 is 31.8. The third kappa shape index (κ3) is 2.36. The van der Waals surface area contributed by atoms with Gasteiger partial charge in [-0.05, 0) is 35.2 Å². The zero-order valence-corrected chi connectivity index (χ0v) is 12.5. The fourth-order valence-electron chi connectivity index (χ4n) is 2.31. The number of furan rings is 1. The average molecular weight is 338 g/mol. The fourth-order valence-corrected chi connectivity index (χ4v) is 5.04. The maximum absolute atomic E-state index is 12.5. The van der Waals surface area contributed by atoms with Crippen molar-refractivity contribution in [2.24, 2.45) is 0 Å². The standard InChI is InChI=1S/C11H16BrNO4S/c1-2-8-4-3-5-13(8)18(15,16)10-6-9(7-14)17-11(10)12/h6,8,14H,2-5,7H2,1H3. The molecule has 7 heteroatoms. The van der Waals surface area contributed by atoms with Crippen LogP contribution in [0.5, 0.6) is 0 Å². The number of halogens is 1. The van der Waals surface area contributed by atoms with E-state index in [-0.39, 0.29) is 28.0 Å². The average Bonchev–Trinajstić information content (AvgIpc) is 2.94. The highest BCUT2D eigenvalue weighted by molar-refractivity contribution is 9.10. The van der Waals surface area contributed by atoms with Crippen molar-refractivity contribution in [2.45, 2.75) is 43.7 Å². The topological polar surface area (TPSA) is 70.8 Å². The summed E-state index contributed by atoms with van der Waals surface area (Å²) in [4.78, 5) is 0.104. The van der Waals surface area contributed by atoms with Gasteiger partial charge in [-0.2, -0.15) is 4.31 Å². The molecule has 1 unspecified atom stereocenters. The summed E-state index contributed by atoms with van der Waals surface area (Å²) >= 11 is 3.10. The Morgan fingerprint density at radius 2 is 2.33 bits per heavy atom. The molecular formula is C11H16BrNO4S. The highest BCUT2D eigenvalue weighted by Crippen LogP contribution is 2.33. The van der Waals surface area contributed by atoms with Crippen LogP contribution in [-0.4, -0.2) is 30.4 Å². The van der Waals surface area contributed by atoms with Crippen molar-refractivity contribution < 1.29 is 17.9 Å². The van der Waals surface area contributed by atoms with Crippen LogP contribution < -0.4 is 0 Å². The molecule has 0 saturated carbocycles. The number of nitrogens with zero attached hydrogens (tertiary/aromatic N) is 1. The van der Waals surface area contributed by atoms with Crippen LogP contribution in [0.15, 0.2) is 20.0 Å². The van der Waals surface area contributed by atoms with Crippen molar-refractivity contribution in [3.05, 3.63) is 16.5 Å². The lowest BCUT2D eigenvalue weighted by molar-refractivity contribution is 0.245. The molecule has 0 amide bonds. The second-order valence-corrected chi connectivity index (χ2v) is 6.91. The predicted octanol–water partition coefficient (Wildman–Crippen LogP) is 2.10. The van der Waals surface area contributed by atoms with Crippen LogP contribution >= 0.6 is 15.9 Å². The van der Waals surface area contributed by atoms with Crippen LogP contribution in [0.25, 0.3) is 0 Å². The minimum Gasteiger partial charge on any atom is -0.450 e. The van der Waals surface area contributed by atoms with Gasteiger partial charge in [0.1, 0.15) is 17.3 Å². The van der Waals surface area contributed by atoms with Gasteiger partial charge in [-0.1, -0.05) is 6.92 Å². The van der Waals surface area contributed by atoms with Crippen molar-refractivity contribution in [1.29, 1.82) is 0 Å². The van der Waals surface area contributed by atoms with Crippen LogP contribution in [0.2, 0.25) is 0 Å². The summed E-state index contributed by atoms with van der Waals surface area (Å²) in [5, 5.41) is 8.98. The Morgan fingerprint density at radius 3 is 2.89 bits per heavy atom. The van der Waals surface area contributed by atoms with Crippen LogP contribution in [0, 0.1) is 0 Å². The van der Waals surface area contributed by atoms with Gasteiger partial charge in [0.25, 0.3) is 0 Å². The van der Waals surface area contributed by atoms with Crippen LogP contribution in [0.4, 0.5) is 0 Å². The van der Waals surface area contributed by atoms with E-state index in [1.165, 1.54) is 10.4 Å². The van der Waals surface area contributed by atoms with Crippen molar-refractivity contribution >= 4 is 26.0 Å². The Kier molecular flexibility index (Phi) is 4.15. The van der Waals surface area contributed by atoms with E-state index in [1.807, 2.05) is 6.92 Å². The first-order valence-electron chi connectivity index (χ1n) is 5.91. The molecule has 1 aliphatic heterocycles. The summed E-state index contributed by atoms with van der Waals surface area (Å²) in [6.07, 6.45) is 2.60. The number of hydrogen-bond acceptors (Lipinski definition) is 4. The van der Waals surface area contributed by atoms with E-state index < -0.39 is 10.0 Å². The lowest BCUT2D eigenvalue weighted by Crippen LogP contribution is -2.35. The monoisotopic (exact) mass is 337 g/mol. The van der Waals surface area contributed by atoms with Gasteiger partial charge in [0.15, 0.2) is 4.67 Å². The quantitative estimate of drug-likeness (QED) is 0.913. The number of sulfonamides is 1. The SMILES string of the molecule is CCC1CCCN1S(=O)(=O)c1cc(CO)oc1Br. The van der Waals surface area contributed by atoms with E-state index in [1.54, 1.807) is 0 Å². The molecule has 18 heavy (non-hydrogen) atoms. The molecule has 1 atom stereocenters. The first-order chi connectivity index (χ1) is 8.50. The van der Waals surface area contributed by atoms with E-state index in [0.29, 0.717) is 6.54 Å². The first kappa shape index (κ1) is 14.0. The molecule has 0 aliphatic carbocycles. The minimum absolute atomic E-state index is 0.0642. The predicted molar refractivity (Wildman–Crippen MR) is 69.5 cm³/mol. The summed E-state index contributed by atoms with van der Waals surface area (Å²) in [6, 6.07) is 1.44. The second kappa shape index (κ2) is 5.32. The number of rotatable bonds is 4. The third-order valence-electron chi connectivity index (χ3n) is 3.24. The second-order valence-electron chi connectivity index (χ2n) is 4.33. The molecule has 1 fully saturated rings. The van der Waals surface area contributed by atoms with Gasteiger partial charge in [0.2, 0.25) is 10.0 Å². The molecule has 0 aromatic carbocycles. The van der Waals surface area contributed by atoms with Gasteiger partial charge in [-0.15, -0.1) is 0 Å². The van der Waals surface area contributed by atoms with E-state index in [2.05, 4.69) is 15.9 Å². The molecule has 1 saturated heterocycles. The van der Waals surface area contributed by atoms with Crippen LogP contribution in [-0.2, 0) is 16.6 Å². The van der Waals surface area contributed by atoms with Gasteiger partial charge >= 0.3 is 0 Å². The molecule has 2 rings (SSSR count). The van der Waals surface area contributed by atoms with Crippen molar-refractivity contribution in [3.63, 3.8) is 0 Å². The molecule has 0 spiro atoms. The Morgan fingerprint density at radius 1 is 1.61 bits per heavy atom. The van der Waals surface area contributed by atoms with E-state index in [4.69, 9.17) is 9.52 Å². The maximum Gasteiger partial charge on any atom is 0.247 e. The first-order valence-corrected chi connectivity index (χ1v) is 8.15. The van der Waals surface area contributed by atoms with Gasteiger partial charge in [-0.25, -0.2) is 8.42 Å². The summed E-state index contributed by atoms with van der Waals surface area (Å²) in [7, 11) is -3.54. The van der Waals surface area contributed by atoms with Gasteiger partial charge in [0.05, 0.1) is 0 Å². The smallest absolute Gasteiger partial charge is 0.247 e. The lowest BCUT2D eigenvalue weighted by atomic mass is 10.2. The van der Waals surface area contributed by atoms with Crippen LogP contribution in [0.1, 0.15) is 31.9 Å². The van der Waals surface area contributed by atoms with E-state index in [9.17, 15) is 8.42 Å². The zero-order chi connectivity index (χ0) is 13.3. The molecular weight excluding hydrogens is 322 g/mol. The Labute approximate surface area is 115 Å². The normalized spacial score (nSPS) is 21.6. The fraction of sp³-hybridized carbons (Fsp3) is 0.636. The summed E-state index contributed by atoms with van der Waals surface area (Å²) in [6.45, 7) is 2.22. The largest absolute Gasteiger partial charge is 0.450 e. The maximum atomic E-state index is 12.5. The van der Waals surface area contributed by atoms with Crippen molar-refractivity contribution in [1.82, 2.24) is 4.31 Å². The number of aliphatic hydroxyl groups excluding tert-OH is 1. The van der Waals surface area contributed by atoms with Gasteiger partial charge < -0.3 is 9.52 Å². The Bertz CT molecular complexity index is 525. The summed E-state index contributed by atoms with van der Waals surface area (Å²) in [5.74, 6) is 0.243. The zero-order valence-electron chi connectivity index (χ0n) is 10.1. The Hall–Kier alpha value is -0.370. The van der Waals surface area contributed by atoms with E-state index in [0.717, 1.165) is 19.3 Å². The van der Waals surface area contributed by atoms with E-state index >= 15 is 0 Å². The minimum atomic E-state index is -3.54. The van der Waals surface area contributed by atoms with Crippen LogP contribution in [0.3, 0.4) is 0 Å². The number of hydrogen-bond donors (Lipinski definition) is 1. The molecule has 1 aromatic heterocycles. The molecule has 0 radical (unpaired) electrons. The Balaban J connectivity index is 2.38. The van der Waals surface area contributed by atoms with Gasteiger partial charge in [0, 0.05) is 18.7 Å². The molecule has 102 valence electrons. The highest BCUT2D eigenvalue weighted by atomic mass is 79.9. The summed E-state index contributed by atoms with van der Waals surface area (Å²) in [5.41, 5.74) is 0. The van der Waals surface area contributed by atoms with Gasteiger partial charge in [-0.3, -0.25) is 0 Å². The molecule has 1 N–H and O–H groups in total. The molecule has 2 heterocycles.